The standard InChI is InChI=1S/C14H11BrClNO3/c1-9-2-5-12(17(18)19)7-13(9)20-14-6-11(15)4-3-10(14)8-16/h2-7H,8H2,1H3. The van der Waals surface area contributed by atoms with Gasteiger partial charge in [-0.2, -0.15) is 0 Å². The van der Waals surface area contributed by atoms with Crippen LogP contribution in [-0.4, -0.2) is 4.92 Å². The van der Waals surface area contributed by atoms with Crippen LogP contribution in [0.3, 0.4) is 0 Å². The molecule has 0 aliphatic heterocycles. The minimum Gasteiger partial charge on any atom is -0.456 e. The van der Waals surface area contributed by atoms with E-state index in [-0.39, 0.29) is 5.69 Å². The average Bonchev–Trinajstić information content (AvgIpc) is 2.41. The highest BCUT2D eigenvalue weighted by Crippen LogP contribution is 2.33. The number of ether oxygens (including phenoxy) is 1. The Morgan fingerprint density at radius 1 is 1.25 bits per heavy atom. The lowest BCUT2D eigenvalue weighted by atomic mass is 10.2. The van der Waals surface area contributed by atoms with Crippen molar-refractivity contribution in [2.75, 3.05) is 0 Å². The SMILES string of the molecule is Cc1ccc([N+](=O)[O-])cc1Oc1cc(Br)ccc1CCl. The quantitative estimate of drug-likeness (QED) is 0.430. The number of rotatable bonds is 4. The van der Waals surface area contributed by atoms with E-state index in [0.717, 1.165) is 15.6 Å². The van der Waals surface area contributed by atoms with Gasteiger partial charge in [0.1, 0.15) is 11.5 Å². The summed E-state index contributed by atoms with van der Waals surface area (Å²) in [7, 11) is 0. The number of nitrogens with zero attached hydrogens (tertiary/aromatic N) is 1. The van der Waals surface area contributed by atoms with Crippen molar-refractivity contribution in [3.8, 4) is 11.5 Å². The maximum Gasteiger partial charge on any atom is 0.273 e. The zero-order valence-corrected chi connectivity index (χ0v) is 12.9. The minimum absolute atomic E-state index is 0.00646. The van der Waals surface area contributed by atoms with E-state index in [4.69, 9.17) is 16.3 Å². The van der Waals surface area contributed by atoms with Crippen molar-refractivity contribution in [3.63, 3.8) is 0 Å². The number of hydrogen-bond acceptors (Lipinski definition) is 3. The topological polar surface area (TPSA) is 52.4 Å². The Balaban J connectivity index is 2.41. The van der Waals surface area contributed by atoms with Gasteiger partial charge in [0.05, 0.1) is 16.9 Å². The first-order valence-corrected chi connectivity index (χ1v) is 7.11. The molecule has 0 saturated heterocycles. The van der Waals surface area contributed by atoms with E-state index >= 15 is 0 Å². The Labute approximate surface area is 129 Å². The van der Waals surface area contributed by atoms with E-state index in [9.17, 15) is 10.1 Å². The van der Waals surface area contributed by atoms with Crippen LogP contribution in [0.25, 0.3) is 0 Å². The molecule has 0 N–H and O–H groups in total. The molecular weight excluding hydrogens is 346 g/mol. The third-order valence-electron chi connectivity index (χ3n) is 2.78. The van der Waals surface area contributed by atoms with Crippen LogP contribution in [0.4, 0.5) is 5.69 Å². The van der Waals surface area contributed by atoms with Gasteiger partial charge >= 0.3 is 0 Å². The predicted molar refractivity (Wildman–Crippen MR) is 81.6 cm³/mol. The highest BCUT2D eigenvalue weighted by molar-refractivity contribution is 9.10. The lowest BCUT2D eigenvalue weighted by molar-refractivity contribution is -0.384. The molecule has 20 heavy (non-hydrogen) atoms. The highest BCUT2D eigenvalue weighted by atomic mass is 79.9. The number of non-ortho nitro benzene ring substituents is 1. The molecule has 2 aromatic rings. The van der Waals surface area contributed by atoms with Gasteiger partial charge in [0.25, 0.3) is 5.69 Å². The van der Waals surface area contributed by atoms with Crippen molar-refractivity contribution in [2.24, 2.45) is 0 Å². The van der Waals surface area contributed by atoms with Crippen LogP contribution in [0.15, 0.2) is 40.9 Å². The second-order valence-electron chi connectivity index (χ2n) is 4.19. The van der Waals surface area contributed by atoms with Crippen LogP contribution in [0.5, 0.6) is 11.5 Å². The molecule has 0 unspecified atom stereocenters. The Hall–Kier alpha value is -1.59. The maximum absolute atomic E-state index is 10.8. The number of nitro benzene ring substituents is 1. The molecule has 2 rings (SSSR count). The zero-order chi connectivity index (χ0) is 14.7. The molecule has 4 nitrogen and oxygen atoms in total. The van der Waals surface area contributed by atoms with Gasteiger partial charge in [-0.15, -0.1) is 11.6 Å². The molecule has 0 bridgehead atoms. The van der Waals surface area contributed by atoms with Gasteiger partial charge in [-0.3, -0.25) is 10.1 Å². The molecule has 0 atom stereocenters. The largest absolute Gasteiger partial charge is 0.456 e. The monoisotopic (exact) mass is 355 g/mol. The molecule has 0 saturated carbocycles. The molecule has 0 heterocycles. The Kier molecular flexibility index (Phi) is 4.62. The van der Waals surface area contributed by atoms with Crippen LogP contribution in [0.1, 0.15) is 11.1 Å². The summed E-state index contributed by atoms with van der Waals surface area (Å²) in [6.45, 7) is 1.83. The molecule has 0 fully saturated rings. The number of halogens is 2. The van der Waals surface area contributed by atoms with Crippen LogP contribution in [0, 0.1) is 17.0 Å². The molecule has 6 heteroatoms. The predicted octanol–water partition coefficient (Wildman–Crippen LogP) is 5.20. The number of aryl methyl sites for hydroxylation is 1. The summed E-state index contributed by atoms with van der Waals surface area (Å²) < 4.78 is 6.64. The lowest BCUT2D eigenvalue weighted by Crippen LogP contribution is -1.94. The lowest BCUT2D eigenvalue weighted by Gasteiger charge is -2.12. The summed E-state index contributed by atoms with van der Waals surface area (Å²) >= 11 is 9.23. The van der Waals surface area contributed by atoms with Gasteiger partial charge < -0.3 is 4.74 Å². The van der Waals surface area contributed by atoms with Gasteiger partial charge in [0, 0.05) is 16.1 Å². The first-order chi connectivity index (χ1) is 9.51. The van der Waals surface area contributed by atoms with E-state index in [1.165, 1.54) is 12.1 Å². The van der Waals surface area contributed by atoms with E-state index in [1.54, 1.807) is 12.1 Å². The Bertz CT molecular complexity index is 661. The number of hydrogen-bond donors (Lipinski definition) is 0. The molecule has 0 radical (unpaired) electrons. The number of nitro groups is 1. The van der Waals surface area contributed by atoms with Crippen LogP contribution in [-0.2, 0) is 5.88 Å². The smallest absolute Gasteiger partial charge is 0.273 e. The molecule has 104 valence electrons. The first-order valence-electron chi connectivity index (χ1n) is 5.78. The molecular formula is C14H11BrClNO3. The van der Waals surface area contributed by atoms with E-state index in [1.807, 2.05) is 19.1 Å². The second kappa shape index (κ2) is 6.24. The van der Waals surface area contributed by atoms with E-state index < -0.39 is 4.92 Å². The van der Waals surface area contributed by atoms with Crippen molar-refractivity contribution in [2.45, 2.75) is 12.8 Å². The third-order valence-corrected chi connectivity index (χ3v) is 3.56. The molecule has 0 spiro atoms. The molecule has 0 aromatic heterocycles. The molecule has 2 aromatic carbocycles. The fourth-order valence-electron chi connectivity index (χ4n) is 1.66. The second-order valence-corrected chi connectivity index (χ2v) is 5.38. The first kappa shape index (κ1) is 14.8. The van der Waals surface area contributed by atoms with Crippen LogP contribution >= 0.6 is 27.5 Å². The van der Waals surface area contributed by atoms with Crippen molar-refractivity contribution >= 4 is 33.2 Å². The van der Waals surface area contributed by atoms with Crippen molar-refractivity contribution in [1.29, 1.82) is 0 Å². The minimum atomic E-state index is -0.449. The van der Waals surface area contributed by atoms with E-state index in [0.29, 0.717) is 17.4 Å². The maximum atomic E-state index is 10.8. The summed E-state index contributed by atoms with van der Waals surface area (Å²) in [6, 6.07) is 10.0. The number of alkyl halides is 1. The van der Waals surface area contributed by atoms with Crippen LogP contribution < -0.4 is 4.74 Å². The Morgan fingerprint density at radius 2 is 2.00 bits per heavy atom. The van der Waals surface area contributed by atoms with Gasteiger partial charge in [-0.05, 0) is 30.7 Å². The fourth-order valence-corrected chi connectivity index (χ4v) is 2.23. The van der Waals surface area contributed by atoms with Crippen molar-refractivity contribution in [1.82, 2.24) is 0 Å². The van der Waals surface area contributed by atoms with Crippen molar-refractivity contribution in [3.05, 3.63) is 62.1 Å². The molecule has 0 aliphatic carbocycles. The highest BCUT2D eigenvalue weighted by Gasteiger charge is 2.12. The summed E-state index contributed by atoms with van der Waals surface area (Å²) in [5, 5.41) is 10.8. The molecule has 0 amide bonds. The normalized spacial score (nSPS) is 10.3. The summed E-state index contributed by atoms with van der Waals surface area (Å²) in [6.07, 6.45) is 0. The van der Waals surface area contributed by atoms with Gasteiger partial charge in [0.15, 0.2) is 0 Å². The van der Waals surface area contributed by atoms with Gasteiger partial charge in [-0.1, -0.05) is 22.0 Å². The summed E-state index contributed by atoms with van der Waals surface area (Å²) in [4.78, 5) is 10.4. The number of benzene rings is 2. The van der Waals surface area contributed by atoms with Crippen molar-refractivity contribution < 1.29 is 9.66 Å². The van der Waals surface area contributed by atoms with E-state index in [2.05, 4.69) is 15.9 Å². The average molecular weight is 357 g/mol. The summed E-state index contributed by atoms with van der Waals surface area (Å²) in [5.74, 6) is 1.33. The fraction of sp³-hybridized carbons (Fsp3) is 0.143. The third kappa shape index (κ3) is 3.29. The van der Waals surface area contributed by atoms with Gasteiger partial charge in [-0.25, -0.2) is 0 Å². The molecule has 0 aliphatic rings. The van der Waals surface area contributed by atoms with Crippen LogP contribution in [0.2, 0.25) is 0 Å². The van der Waals surface area contributed by atoms with Gasteiger partial charge in [0.2, 0.25) is 0 Å². The Morgan fingerprint density at radius 3 is 2.65 bits per heavy atom. The zero-order valence-electron chi connectivity index (χ0n) is 10.6. The summed E-state index contributed by atoms with van der Waals surface area (Å²) in [5.41, 5.74) is 1.63.